The lowest BCUT2D eigenvalue weighted by molar-refractivity contribution is -0.139. The Morgan fingerprint density at radius 2 is 1.86 bits per heavy atom. The number of ketones is 1. The minimum absolute atomic E-state index is 0.0394. The van der Waals surface area contributed by atoms with Gasteiger partial charge in [-0.05, 0) is 72.0 Å². The SMILES string of the molecule is COC(=O)Cc1ccc(N2C(=O)C(=O)/C(=C(\O)c3ccc4c(c3)CCCO4)C2c2cccc(O)c2)cc1. The summed E-state index contributed by atoms with van der Waals surface area (Å²) in [5.74, 6) is -1.65. The summed E-state index contributed by atoms with van der Waals surface area (Å²) in [5, 5.41) is 21.5. The smallest absolute Gasteiger partial charge is 0.309 e. The Labute approximate surface area is 213 Å². The van der Waals surface area contributed by atoms with E-state index in [0.29, 0.717) is 29.0 Å². The number of ether oxygens (including phenoxy) is 2. The van der Waals surface area contributed by atoms with Crippen LogP contribution in [0.25, 0.3) is 5.76 Å². The Bertz CT molecular complexity index is 1420. The maximum absolute atomic E-state index is 13.4. The van der Waals surface area contributed by atoms with Gasteiger partial charge >= 0.3 is 5.97 Å². The summed E-state index contributed by atoms with van der Waals surface area (Å²) in [4.78, 5) is 39.6. The molecule has 1 amide bonds. The molecule has 0 saturated carbocycles. The number of anilines is 1. The van der Waals surface area contributed by atoms with Crippen LogP contribution < -0.4 is 9.64 Å². The molecule has 3 aromatic carbocycles. The number of phenolic OH excluding ortho intramolecular Hbond substituents is 1. The second kappa shape index (κ2) is 9.81. The highest BCUT2D eigenvalue weighted by molar-refractivity contribution is 6.51. The number of aliphatic hydroxyl groups excluding tert-OH is 1. The highest BCUT2D eigenvalue weighted by Gasteiger charge is 2.47. The molecule has 8 heteroatoms. The third-order valence-electron chi connectivity index (χ3n) is 6.60. The number of aryl methyl sites for hydroxylation is 1. The lowest BCUT2D eigenvalue weighted by atomic mass is 9.93. The van der Waals surface area contributed by atoms with Gasteiger partial charge in [-0.25, -0.2) is 0 Å². The molecule has 2 aliphatic rings. The zero-order valence-corrected chi connectivity index (χ0v) is 20.1. The van der Waals surface area contributed by atoms with E-state index in [4.69, 9.17) is 9.47 Å². The highest BCUT2D eigenvalue weighted by atomic mass is 16.5. The molecule has 1 fully saturated rings. The van der Waals surface area contributed by atoms with Gasteiger partial charge in [-0.3, -0.25) is 19.3 Å². The molecule has 2 heterocycles. The molecule has 0 aliphatic carbocycles. The third kappa shape index (κ3) is 4.53. The van der Waals surface area contributed by atoms with E-state index in [9.17, 15) is 24.6 Å². The fourth-order valence-corrected chi connectivity index (χ4v) is 4.79. The first-order valence-electron chi connectivity index (χ1n) is 11.9. The molecule has 1 unspecified atom stereocenters. The molecule has 37 heavy (non-hydrogen) atoms. The number of aliphatic hydroxyl groups is 1. The molecule has 188 valence electrons. The summed E-state index contributed by atoms with van der Waals surface area (Å²) in [6.07, 6.45) is 1.68. The molecule has 1 atom stereocenters. The van der Waals surface area contributed by atoms with E-state index in [1.54, 1.807) is 54.6 Å². The van der Waals surface area contributed by atoms with E-state index >= 15 is 0 Å². The van der Waals surface area contributed by atoms with Crippen LogP contribution >= 0.6 is 0 Å². The normalized spacial score (nSPS) is 18.3. The number of methoxy groups -OCH3 is 1. The molecule has 2 N–H and O–H groups in total. The molecule has 8 nitrogen and oxygen atoms in total. The standard InChI is InChI=1S/C29H25NO7/c1-36-24(32)14-17-7-10-21(11-8-17)30-26(19-4-2-6-22(31)16-19)25(28(34)29(30)35)27(33)20-9-12-23-18(15-20)5-3-13-37-23/h2,4,6-12,15-16,26,31,33H,3,5,13-14H2,1H3/b27-25-. The lowest BCUT2D eigenvalue weighted by Crippen LogP contribution is -2.29. The van der Waals surface area contributed by atoms with Crippen LogP contribution in [-0.2, 0) is 32.0 Å². The second-order valence-electron chi connectivity index (χ2n) is 8.96. The predicted molar refractivity (Wildman–Crippen MR) is 135 cm³/mol. The summed E-state index contributed by atoms with van der Waals surface area (Å²) < 4.78 is 10.4. The average molecular weight is 500 g/mol. The number of carbonyl (C=O) groups excluding carboxylic acids is 3. The van der Waals surface area contributed by atoms with Crippen molar-refractivity contribution in [2.45, 2.75) is 25.3 Å². The van der Waals surface area contributed by atoms with Crippen LogP contribution in [0, 0.1) is 0 Å². The van der Waals surface area contributed by atoms with Crippen molar-refractivity contribution in [1.29, 1.82) is 0 Å². The maximum Gasteiger partial charge on any atom is 0.309 e. The van der Waals surface area contributed by atoms with Crippen LogP contribution in [0.1, 0.15) is 34.7 Å². The molecule has 2 aliphatic heterocycles. The van der Waals surface area contributed by atoms with Gasteiger partial charge in [0.1, 0.15) is 17.3 Å². The summed E-state index contributed by atoms with van der Waals surface area (Å²) in [7, 11) is 1.31. The first-order chi connectivity index (χ1) is 17.9. The van der Waals surface area contributed by atoms with Crippen molar-refractivity contribution in [3.8, 4) is 11.5 Å². The van der Waals surface area contributed by atoms with Gasteiger partial charge in [0.25, 0.3) is 11.7 Å². The Kier molecular flexibility index (Phi) is 6.40. The fourth-order valence-electron chi connectivity index (χ4n) is 4.79. The van der Waals surface area contributed by atoms with Crippen molar-refractivity contribution in [1.82, 2.24) is 0 Å². The molecular weight excluding hydrogens is 474 g/mol. The topological polar surface area (TPSA) is 113 Å². The Hall–Kier alpha value is -4.59. The number of fused-ring (bicyclic) bond motifs is 1. The van der Waals surface area contributed by atoms with Gasteiger partial charge < -0.3 is 19.7 Å². The zero-order chi connectivity index (χ0) is 26.1. The van der Waals surface area contributed by atoms with Gasteiger partial charge in [-0.1, -0.05) is 24.3 Å². The van der Waals surface area contributed by atoms with E-state index < -0.39 is 23.7 Å². The monoisotopic (exact) mass is 499 g/mol. The maximum atomic E-state index is 13.4. The molecule has 5 rings (SSSR count). The summed E-state index contributed by atoms with van der Waals surface area (Å²) >= 11 is 0. The van der Waals surface area contributed by atoms with Crippen molar-refractivity contribution < 1.29 is 34.1 Å². The van der Waals surface area contributed by atoms with Crippen LogP contribution in [0.3, 0.4) is 0 Å². The Balaban J connectivity index is 1.62. The van der Waals surface area contributed by atoms with Gasteiger partial charge in [0.2, 0.25) is 0 Å². The van der Waals surface area contributed by atoms with Crippen molar-refractivity contribution in [2.75, 3.05) is 18.6 Å². The van der Waals surface area contributed by atoms with Gasteiger partial charge in [0.15, 0.2) is 0 Å². The highest BCUT2D eigenvalue weighted by Crippen LogP contribution is 2.43. The van der Waals surface area contributed by atoms with Crippen LogP contribution in [0.5, 0.6) is 11.5 Å². The van der Waals surface area contributed by atoms with Crippen molar-refractivity contribution >= 4 is 29.1 Å². The van der Waals surface area contributed by atoms with E-state index in [0.717, 1.165) is 24.2 Å². The number of aromatic hydroxyl groups is 1. The number of nitrogens with zero attached hydrogens (tertiary/aromatic N) is 1. The van der Waals surface area contributed by atoms with Crippen LogP contribution in [0.15, 0.2) is 72.3 Å². The number of rotatable bonds is 5. The van der Waals surface area contributed by atoms with Gasteiger partial charge in [-0.15, -0.1) is 0 Å². The number of Topliss-reactive ketones (excluding diaryl/α,β-unsaturated/α-hetero) is 1. The quantitative estimate of drug-likeness (QED) is 0.236. The molecule has 3 aromatic rings. The number of benzene rings is 3. The summed E-state index contributed by atoms with van der Waals surface area (Å²) in [5.41, 5.74) is 2.78. The van der Waals surface area contributed by atoms with Crippen LogP contribution in [0.4, 0.5) is 5.69 Å². The van der Waals surface area contributed by atoms with Gasteiger partial charge in [-0.2, -0.15) is 0 Å². The molecule has 1 saturated heterocycles. The molecule has 0 radical (unpaired) electrons. The Morgan fingerprint density at radius 1 is 1.08 bits per heavy atom. The lowest BCUT2D eigenvalue weighted by Gasteiger charge is -2.26. The van der Waals surface area contributed by atoms with E-state index in [1.807, 2.05) is 0 Å². The van der Waals surface area contributed by atoms with E-state index in [1.165, 1.54) is 24.1 Å². The number of amides is 1. The molecule has 0 bridgehead atoms. The largest absolute Gasteiger partial charge is 0.508 e. The van der Waals surface area contributed by atoms with Crippen molar-refractivity contribution in [2.24, 2.45) is 0 Å². The molecule has 0 spiro atoms. The summed E-state index contributed by atoms with van der Waals surface area (Å²) in [6, 6.07) is 17.1. The third-order valence-corrected chi connectivity index (χ3v) is 6.60. The first-order valence-corrected chi connectivity index (χ1v) is 11.9. The number of hydrogen-bond donors (Lipinski definition) is 2. The molecular formula is C29H25NO7. The number of carbonyl (C=O) groups is 3. The average Bonchev–Trinajstić information content (AvgIpc) is 3.18. The zero-order valence-electron chi connectivity index (χ0n) is 20.1. The fraction of sp³-hybridized carbons (Fsp3) is 0.207. The van der Waals surface area contributed by atoms with Crippen LogP contribution in [0.2, 0.25) is 0 Å². The van der Waals surface area contributed by atoms with E-state index in [-0.39, 0.29) is 23.5 Å². The molecule has 0 aromatic heterocycles. The minimum atomic E-state index is -0.981. The van der Waals surface area contributed by atoms with Crippen LogP contribution in [-0.4, -0.2) is 41.6 Å². The van der Waals surface area contributed by atoms with Crippen molar-refractivity contribution in [3.05, 3.63) is 94.6 Å². The predicted octanol–water partition coefficient (Wildman–Crippen LogP) is 4.06. The first kappa shape index (κ1) is 24.1. The van der Waals surface area contributed by atoms with E-state index in [2.05, 4.69) is 0 Å². The van der Waals surface area contributed by atoms with Gasteiger partial charge in [0, 0.05) is 11.3 Å². The minimum Gasteiger partial charge on any atom is -0.508 e. The Morgan fingerprint density at radius 3 is 2.59 bits per heavy atom. The number of phenols is 1. The number of esters is 1. The van der Waals surface area contributed by atoms with Gasteiger partial charge in [0.05, 0.1) is 31.8 Å². The van der Waals surface area contributed by atoms with Crippen molar-refractivity contribution in [3.63, 3.8) is 0 Å². The summed E-state index contributed by atoms with van der Waals surface area (Å²) in [6.45, 7) is 0.624. The second-order valence-corrected chi connectivity index (χ2v) is 8.96. The number of hydrogen-bond acceptors (Lipinski definition) is 7.